The molecule has 0 saturated carbocycles. The smallest absolute Gasteiger partial charge is 0.164 e. The molecule has 0 saturated heterocycles. The van der Waals surface area contributed by atoms with Gasteiger partial charge in [-0.15, -0.1) is 10.2 Å². The summed E-state index contributed by atoms with van der Waals surface area (Å²) < 4.78 is 1.88. The van der Waals surface area contributed by atoms with Crippen molar-refractivity contribution in [1.82, 2.24) is 25.0 Å². The normalized spacial score (nSPS) is 10.7. The number of imidazole rings is 1. The number of aromatic nitrogens is 5. The second-order valence-corrected chi connectivity index (χ2v) is 3.08. The lowest BCUT2D eigenvalue weighted by molar-refractivity contribution is 0.825. The van der Waals surface area contributed by atoms with Gasteiger partial charge in [0.1, 0.15) is 6.33 Å². The number of hydrogen-bond acceptors (Lipinski definition) is 4. The van der Waals surface area contributed by atoms with Crippen molar-refractivity contribution in [3.05, 3.63) is 42.9 Å². The predicted molar refractivity (Wildman–Crippen MR) is 54.5 cm³/mol. The van der Waals surface area contributed by atoms with Crippen LogP contribution in [0.15, 0.2) is 42.9 Å². The third kappa shape index (κ3) is 1.25. The Hall–Kier alpha value is -2.30. The molecule has 0 atom stereocenters. The van der Waals surface area contributed by atoms with E-state index < -0.39 is 0 Å². The van der Waals surface area contributed by atoms with Crippen molar-refractivity contribution in [3.8, 4) is 5.82 Å². The minimum Gasteiger partial charge on any atom is -0.281 e. The second kappa shape index (κ2) is 3.13. The maximum absolute atomic E-state index is 4.27. The monoisotopic (exact) mass is 197 g/mol. The van der Waals surface area contributed by atoms with Gasteiger partial charge in [-0.05, 0) is 17.3 Å². The van der Waals surface area contributed by atoms with Crippen LogP contribution in [0.25, 0.3) is 16.9 Å². The van der Waals surface area contributed by atoms with Crippen LogP contribution in [0.1, 0.15) is 0 Å². The molecule has 1 aromatic carbocycles. The van der Waals surface area contributed by atoms with E-state index in [1.54, 1.807) is 18.6 Å². The molecule has 3 rings (SSSR count). The molecule has 0 amide bonds. The molecule has 72 valence electrons. The van der Waals surface area contributed by atoms with Crippen LogP contribution in [0.2, 0.25) is 0 Å². The average Bonchev–Trinajstić information content (AvgIpc) is 2.74. The van der Waals surface area contributed by atoms with Crippen LogP contribution in [-0.2, 0) is 0 Å². The van der Waals surface area contributed by atoms with Gasteiger partial charge in [-0.2, -0.15) is 0 Å². The molecule has 0 fully saturated rings. The lowest BCUT2D eigenvalue weighted by atomic mass is 10.3. The van der Waals surface area contributed by atoms with Gasteiger partial charge in [0.25, 0.3) is 0 Å². The van der Waals surface area contributed by atoms with E-state index in [0.717, 1.165) is 16.9 Å². The molecule has 0 aliphatic heterocycles. The summed E-state index contributed by atoms with van der Waals surface area (Å²) in [7, 11) is 0. The van der Waals surface area contributed by atoms with Crippen LogP contribution in [0.5, 0.6) is 0 Å². The molecule has 2 heterocycles. The summed E-state index contributed by atoms with van der Waals surface area (Å²) in [5, 5.41) is 11.2. The molecule has 5 heteroatoms. The molecule has 0 N–H and O–H groups in total. The fourth-order valence-electron chi connectivity index (χ4n) is 1.51. The Morgan fingerprint density at radius 3 is 2.87 bits per heavy atom. The van der Waals surface area contributed by atoms with Gasteiger partial charge < -0.3 is 0 Å². The Balaban J connectivity index is 2.28. The second-order valence-electron chi connectivity index (χ2n) is 3.08. The van der Waals surface area contributed by atoms with E-state index >= 15 is 0 Å². The summed E-state index contributed by atoms with van der Waals surface area (Å²) in [5.41, 5.74) is 1.95. The van der Waals surface area contributed by atoms with Crippen molar-refractivity contribution in [2.45, 2.75) is 0 Å². The van der Waals surface area contributed by atoms with E-state index in [1.807, 2.05) is 28.8 Å². The first-order valence-electron chi connectivity index (χ1n) is 4.52. The Kier molecular flexibility index (Phi) is 1.68. The van der Waals surface area contributed by atoms with Gasteiger partial charge in [-0.1, -0.05) is 12.1 Å². The first-order valence-corrected chi connectivity index (χ1v) is 4.52. The van der Waals surface area contributed by atoms with E-state index in [-0.39, 0.29) is 0 Å². The summed E-state index contributed by atoms with van der Waals surface area (Å²) in [6.45, 7) is 0. The molecular formula is C10H7N5. The number of fused-ring (bicyclic) bond motifs is 1. The standard InChI is InChI=1S/C10H7N5/c1-2-4-9-8(3-1)11-7-15(9)10-5-6-12-14-13-10/h1-7H. The molecule has 0 bridgehead atoms. The predicted octanol–water partition coefficient (Wildman–Crippen LogP) is 1.21. The van der Waals surface area contributed by atoms with Crippen molar-refractivity contribution in [3.63, 3.8) is 0 Å². The Labute approximate surface area is 85.4 Å². The molecule has 0 aliphatic carbocycles. The van der Waals surface area contributed by atoms with Crippen LogP contribution in [0.4, 0.5) is 0 Å². The van der Waals surface area contributed by atoms with Gasteiger partial charge in [0.15, 0.2) is 5.82 Å². The highest BCUT2D eigenvalue weighted by atomic mass is 15.3. The van der Waals surface area contributed by atoms with E-state index in [2.05, 4.69) is 20.4 Å². The number of para-hydroxylation sites is 2. The topological polar surface area (TPSA) is 56.5 Å². The molecule has 0 aliphatic rings. The Morgan fingerprint density at radius 2 is 2.00 bits per heavy atom. The Morgan fingerprint density at radius 1 is 1.07 bits per heavy atom. The minimum absolute atomic E-state index is 0.721. The highest BCUT2D eigenvalue weighted by molar-refractivity contribution is 5.76. The van der Waals surface area contributed by atoms with Gasteiger partial charge in [0, 0.05) is 6.07 Å². The zero-order valence-electron chi connectivity index (χ0n) is 7.78. The number of nitrogens with zero attached hydrogens (tertiary/aromatic N) is 5. The zero-order chi connectivity index (χ0) is 10.1. The molecular weight excluding hydrogens is 190 g/mol. The summed E-state index contributed by atoms with van der Waals surface area (Å²) in [5.74, 6) is 0.721. The van der Waals surface area contributed by atoms with E-state index in [1.165, 1.54) is 0 Å². The third-order valence-corrected chi connectivity index (χ3v) is 2.19. The van der Waals surface area contributed by atoms with Crippen LogP contribution in [-0.4, -0.2) is 25.0 Å². The van der Waals surface area contributed by atoms with Crippen molar-refractivity contribution >= 4 is 11.0 Å². The minimum atomic E-state index is 0.721. The quantitative estimate of drug-likeness (QED) is 0.588. The molecule has 0 unspecified atom stereocenters. The fourth-order valence-corrected chi connectivity index (χ4v) is 1.51. The van der Waals surface area contributed by atoms with Gasteiger partial charge in [-0.25, -0.2) is 4.98 Å². The number of benzene rings is 1. The van der Waals surface area contributed by atoms with Crippen molar-refractivity contribution in [2.75, 3.05) is 0 Å². The van der Waals surface area contributed by atoms with Crippen LogP contribution < -0.4 is 0 Å². The van der Waals surface area contributed by atoms with Crippen molar-refractivity contribution in [2.24, 2.45) is 0 Å². The lowest BCUT2D eigenvalue weighted by Gasteiger charge is -1.99. The van der Waals surface area contributed by atoms with Crippen LogP contribution in [0, 0.1) is 0 Å². The first kappa shape index (κ1) is 8.05. The fraction of sp³-hybridized carbons (Fsp3) is 0. The maximum Gasteiger partial charge on any atom is 0.164 e. The van der Waals surface area contributed by atoms with Gasteiger partial charge in [0.05, 0.1) is 17.2 Å². The van der Waals surface area contributed by atoms with Crippen molar-refractivity contribution < 1.29 is 0 Å². The van der Waals surface area contributed by atoms with Crippen LogP contribution >= 0.6 is 0 Å². The van der Waals surface area contributed by atoms with Crippen molar-refractivity contribution in [1.29, 1.82) is 0 Å². The number of hydrogen-bond donors (Lipinski definition) is 0. The third-order valence-electron chi connectivity index (χ3n) is 2.19. The van der Waals surface area contributed by atoms with E-state index in [9.17, 15) is 0 Å². The Bertz CT molecular complexity index is 587. The SMILES string of the molecule is c1ccc2c(c1)ncn2-c1ccnnn1. The summed E-state index contributed by atoms with van der Waals surface area (Å²) in [6, 6.07) is 9.67. The molecule has 2 aromatic heterocycles. The largest absolute Gasteiger partial charge is 0.281 e. The van der Waals surface area contributed by atoms with Gasteiger partial charge in [0.2, 0.25) is 0 Å². The van der Waals surface area contributed by atoms with E-state index in [0.29, 0.717) is 0 Å². The molecule has 0 radical (unpaired) electrons. The van der Waals surface area contributed by atoms with Crippen LogP contribution in [0.3, 0.4) is 0 Å². The average molecular weight is 197 g/mol. The molecule has 3 aromatic rings. The highest BCUT2D eigenvalue weighted by Gasteiger charge is 2.03. The van der Waals surface area contributed by atoms with E-state index in [4.69, 9.17) is 0 Å². The maximum atomic E-state index is 4.27. The molecule has 5 nitrogen and oxygen atoms in total. The van der Waals surface area contributed by atoms with Gasteiger partial charge in [-0.3, -0.25) is 4.57 Å². The zero-order valence-corrected chi connectivity index (χ0v) is 7.78. The molecule has 0 spiro atoms. The number of rotatable bonds is 1. The molecule has 15 heavy (non-hydrogen) atoms. The summed E-state index contributed by atoms with van der Waals surface area (Å²) in [6.07, 6.45) is 3.34. The first-order chi connectivity index (χ1) is 7.45. The highest BCUT2D eigenvalue weighted by Crippen LogP contribution is 2.14. The summed E-state index contributed by atoms with van der Waals surface area (Å²) in [4.78, 5) is 4.27. The summed E-state index contributed by atoms with van der Waals surface area (Å²) >= 11 is 0. The lowest BCUT2D eigenvalue weighted by Crippen LogP contribution is -1.97. The van der Waals surface area contributed by atoms with Gasteiger partial charge >= 0.3 is 0 Å².